The second-order valence-electron chi connectivity index (χ2n) is 5.99. The van der Waals surface area contributed by atoms with Gasteiger partial charge in [-0.25, -0.2) is 9.97 Å². The van der Waals surface area contributed by atoms with Crippen molar-refractivity contribution < 1.29 is 0 Å². The molecular weight excluding hydrogens is 376 g/mol. The van der Waals surface area contributed by atoms with E-state index in [1.165, 1.54) is 0 Å². The molecule has 0 saturated carbocycles. The van der Waals surface area contributed by atoms with E-state index in [1.54, 1.807) is 0 Å². The molecule has 0 amide bonds. The number of hydrogen-bond acceptors (Lipinski definition) is 6. The van der Waals surface area contributed by atoms with Crippen molar-refractivity contribution in [3.05, 3.63) is 48.5 Å². The molecular formula is C19H22N6S2. The molecule has 4 rings (SSSR count). The Labute approximate surface area is 166 Å². The van der Waals surface area contributed by atoms with Crippen molar-refractivity contribution in [2.75, 3.05) is 40.3 Å². The van der Waals surface area contributed by atoms with Gasteiger partial charge in [0.2, 0.25) is 11.9 Å². The molecule has 0 fully saturated rings. The number of thioether (sulfide) groups is 2. The molecule has 0 aliphatic heterocycles. The molecule has 0 atom stereocenters. The summed E-state index contributed by atoms with van der Waals surface area (Å²) in [5.74, 6) is 3.81. The highest BCUT2D eigenvalue weighted by Crippen LogP contribution is 2.16. The Kier molecular flexibility index (Phi) is 6.06. The summed E-state index contributed by atoms with van der Waals surface area (Å²) in [7, 11) is 0. The first-order valence-electron chi connectivity index (χ1n) is 8.91. The van der Waals surface area contributed by atoms with Crippen molar-refractivity contribution in [1.82, 2.24) is 19.9 Å². The average molecular weight is 399 g/mol. The molecule has 0 saturated heterocycles. The highest BCUT2D eigenvalue weighted by molar-refractivity contribution is 8.16. The van der Waals surface area contributed by atoms with Gasteiger partial charge in [0.05, 0.1) is 22.1 Å². The first-order chi connectivity index (χ1) is 13.4. The highest BCUT2D eigenvalue weighted by Gasteiger charge is 2.02. The van der Waals surface area contributed by atoms with Crippen molar-refractivity contribution in [2.24, 2.45) is 0 Å². The molecule has 6 nitrogen and oxygen atoms in total. The van der Waals surface area contributed by atoms with E-state index in [4.69, 9.17) is 0 Å². The first-order valence-corrected chi connectivity index (χ1v) is 11.2. The van der Waals surface area contributed by atoms with Gasteiger partial charge in [0.25, 0.3) is 0 Å². The van der Waals surface area contributed by atoms with Gasteiger partial charge in [-0.05, 0) is 24.3 Å². The predicted molar refractivity (Wildman–Crippen MR) is 119 cm³/mol. The van der Waals surface area contributed by atoms with Gasteiger partial charge in [0.1, 0.15) is 0 Å². The predicted octanol–water partition coefficient (Wildman–Crippen LogP) is 4.39. The van der Waals surface area contributed by atoms with E-state index in [-0.39, 0.29) is 0 Å². The molecule has 0 spiro atoms. The maximum absolute atomic E-state index is 4.52. The zero-order valence-corrected chi connectivity index (χ0v) is 16.5. The van der Waals surface area contributed by atoms with Crippen molar-refractivity contribution in [1.29, 1.82) is 0 Å². The lowest BCUT2D eigenvalue weighted by Gasteiger charge is -2.04. The number of rotatable bonds is 10. The Morgan fingerprint density at radius 1 is 0.704 bits per heavy atom. The SMILES string of the molecule is c1ccc2[nH]c(NCCSCSCCNc3nc4ccccc4[nH]3)nc2c1. The molecule has 0 radical (unpaired) electrons. The second-order valence-corrected chi connectivity index (χ2v) is 8.57. The summed E-state index contributed by atoms with van der Waals surface area (Å²) < 4.78 is 0. The molecule has 140 valence electrons. The summed E-state index contributed by atoms with van der Waals surface area (Å²) in [6.07, 6.45) is 0. The molecule has 27 heavy (non-hydrogen) atoms. The summed E-state index contributed by atoms with van der Waals surface area (Å²) >= 11 is 3.87. The fraction of sp³-hybridized carbons (Fsp3) is 0.263. The molecule has 4 N–H and O–H groups in total. The minimum Gasteiger partial charge on any atom is -0.355 e. The van der Waals surface area contributed by atoms with E-state index in [0.717, 1.165) is 63.6 Å². The lowest BCUT2D eigenvalue weighted by atomic mass is 10.3. The largest absolute Gasteiger partial charge is 0.355 e. The quantitative estimate of drug-likeness (QED) is 0.234. The van der Waals surface area contributed by atoms with E-state index in [2.05, 4.69) is 30.6 Å². The van der Waals surface area contributed by atoms with Gasteiger partial charge < -0.3 is 20.6 Å². The van der Waals surface area contributed by atoms with E-state index >= 15 is 0 Å². The maximum Gasteiger partial charge on any atom is 0.201 e. The molecule has 0 aliphatic carbocycles. The smallest absolute Gasteiger partial charge is 0.201 e. The minimum absolute atomic E-state index is 0.847. The number of H-pyrrole nitrogens is 2. The van der Waals surface area contributed by atoms with Crippen molar-refractivity contribution >= 4 is 57.5 Å². The van der Waals surface area contributed by atoms with Crippen LogP contribution in [0, 0.1) is 0 Å². The Bertz CT molecular complexity index is 850. The third-order valence-corrected chi connectivity index (χ3v) is 6.34. The summed E-state index contributed by atoms with van der Waals surface area (Å²) in [5.41, 5.74) is 4.14. The molecule has 2 aromatic carbocycles. The van der Waals surface area contributed by atoms with Crippen LogP contribution in [0.2, 0.25) is 0 Å². The van der Waals surface area contributed by atoms with Crippen LogP contribution >= 0.6 is 23.5 Å². The second kappa shape index (κ2) is 9.05. The minimum atomic E-state index is 0.847. The summed E-state index contributed by atoms with van der Waals surface area (Å²) in [6.45, 7) is 1.81. The summed E-state index contributed by atoms with van der Waals surface area (Å²) in [6, 6.07) is 16.1. The van der Waals surface area contributed by atoms with Gasteiger partial charge in [-0.15, -0.1) is 23.5 Å². The lowest BCUT2D eigenvalue weighted by Crippen LogP contribution is -2.07. The number of aromatic nitrogens is 4. The molecule has 0 bridgehead atoms. The van der Waals surface area contributed by atoms with E-state index in [9.17, 15) is 0 Å². The fourth-order valence-corrected chi connectivity index (χ4v) is 4.64. The number of nitrogens with one attached hydrogen (secondary N) is 4. The topological polar surface area (TPSA) is 81.4 Å². The van der Waals surface area contributed by atoms with Crippen LogP contribution in [0.1, 0.15) is 0 Å². The van der Waals surface area contributed by atoms with Crippen LogP contribution in [0.25, 0.3) is 22.1 Å². The Hall–Kier alpha value is -2.32. The zero-order valence-electron chi connectivity index (χ0n) is 14.9. The normalized spacial score (nSPS) is 11.3. The van der Waals surface area contributed by atoms with Gasteiger partial charge in [-0.1, -0.05) is 24.3 Å². The van der Waals surface area contributed by atoms with Crippen LogP contribution in [0.5, 0.6) is 0 Å². The highest BCUT2D eigenvalue weighted by atomic mass is 32.2. The molecule has 2 aromatic heterocycles. The van der Waals surface area contributed by atoms with Crippen LogP contribution in [0.3, 0.4) is 0 Å². The fourth-order valence-electron chi connectivity index (χ4n) is 2.73. The molecule has 0 aliphatic rings. The number of hydrogen-bond donors (Lipinski definition) is 4. The average Bonchev–Trinajstić information content (AvgIpc) is 3.29. The van der Waals surface area contributed by atoms with Crippen LogP contribution < -0.4 is 10.6 Å². The van der Waals surface area contributed by atoms with Gasteiger partial charge in [0, 0.05) is 29.7 Å². The van der Waals surface area contributed by atoms with Gasteiger partial charge in [-0.2, -0.15) is 0 Å². The molecule has 4 aromatic rings. The van der Waals surface area contributed by atoms with Gasteiger partial charge in [0.15, 0.2) is 0 Å². The number of fused-ring (bicyclic) bond motifs is 2. The van der Waals surface area contributed by atoms with Crippen LogP contribution in [0.4, 0.5) is 11.9 Å². The van der Waals surface area contributed by atoms with E-state index in [0.29, 0.717) is 0 Å². The van der Waals surface area contributed by atoms with Crippen LogP contribution in [-0.2, 0) is 0 Å². The van der Waals surface area contributed by atoms with Crippen LogP contribution in [-0.4, -0.2) is 49.6 Å². The first kappa shape index (κ1) is 18.1. The monoisotopic (exact) mass is 398 g/mol. The number of para-hydroxylation sites is 4. The Balaban J connectivity index is 1.06. The van der Waals surface area contributed by atoms with E-state index in [1.807, 2.05) is 72.1 Å². The zero-order chi connectivity index (χ0) is 18.3. The third kappa shape index (κ3) is 4.90. The van der Waals surface area contributed by atoms with Crippen LogP contribution in [0.15, 0.2) is 48.5 Å². The number of imidazole rings is 2. The van der Waals surface area contributed by atoms with Gasteiger partial charge in [-0.3, -0.25) is 0 Å². The van der Waals surface area contributed by atoms with Gasteiger partial charge >= 0.3 is 0 Å². The number of benzene rings is 2. The molecule has 8 heteroatoms. The molecule has 0 unspecified atom stereocenters. The van der Waals surface area contributed by atoms with Crippen molar-refractivity contribution in [3.8, 4) is 0 Å². The standard InChI is InChI=1S/C19H22N6S2/c1-2-6-15-14(5-1)22-18(23-15)20-9-11-26-13-27-12-10-21-19-24-16-7-3-4-8-17(16)25-19/h1-8H,9-13H2,(H2,20,22,23)(H2,21,24,25). The maximum atomic E-state index is 4.52. The number of anilines is 2. The summed E-state index contributed by atoms with van der Waals surface area (Å²) in [5, 5.41) is 7.78. The molecule has 2 heterocycles. The summed E-state index contributed by atoms with van der Waals surface area (Å²) in [4.78, 5) is 15.6. The number of nitrogens with zero attached hydrogens (tertiary/aromatic N) is 2. The van der Waals surface area contributed by atoms with E-state index < -0.39 is 0 Å². The number of aromatic amines is 2. The third-order valence-electron chi connectivity index (χ3n) is 4.02. The Morgan fingerprint density at radius 2 is 1.19 bits per heavy atom. The van der Waals surface area contributed by atoms with Crippen molar-refractivity contribution in [2.45, 2.75) is 0 Å². The lowest BCUT2D eigenvalue weighted by molar-refractivity contribution is 1.15. The van der Waals surface area contributed by atoms with Crippen molar-refractivity contribution in [3.63, 3.8) is 0 Å². The Morgan fingerprint density at radius 3 is 1.67 bits per heavy atom.